The zero-order chi connectivity index (χ0) is 21.7. The Morgan fingerprint density at radius 3 is 2.77 bits per heavy atom. The second kappa shape index (κ2) is 9.80. The molecule has 3 rings (SSSR count). The first-order chi connectivity index (χ1) is 14.4. The Balaban J connectivity index is 1.64. The van der Waals surface area contributed by atoms with Crippen LogP contribution in [0.2, 0.25) is 0 Å². The monoisotopic (exact) mass is 432 g/mol. The second-order valence-electron chi connectivity index (χ2n) is 7.10. The summed E-state index contributed by atoms with van der Waals surface area (Å²) >= 11 is 1.13. The van der Waals surface area contributed by atoms with Gasteiger partial charge in [-0.25, -0.2) is 9.37 Å². The van der Waals surface area contributed by atoms with Crippen LogP contribution in [0.5, 0.6) is 0 Å². The number of carbonyl (C=O) groups is 3. The lowest BCUT2D eigenvalue weighted by Gasteiger charge is -2.34. The molecule has 1 N–H and O–H groups in total. The number of nitrogens with one attached hydrogen (secondary N) is 1. The highest BCUT2D eigenvalue weighted by Gasteiger charge is 2.31. The van der Waals surface area contributed by atoms with Crippen molar-refractivity contribution in [3.8, 4) is 0 Å². The van der Waals surface area contributed by atoms with Gasteiger partial charge in [0.25, 0.3) is 11.8 Å². The van der Waals surface area contributed by atoms with Crippen molar-refractivity contribution in [2.24, 2.45) is 5.92 Å². The molecule has 160 valence electrons. The topological polar surface area (TPSA) is 82.6 Å². The maximum atomic E-state index is 13.3. The van der Waals surface area contributed by atoms with Crippen LogP contribution in [0.3, 0.4) is 0 Å². The van der Waals surface area contributed by atoms with Gasteiger partial charge in [0.1, 0.15) is 11.5 Å². The molecule has 0 unspecified atom stereocenters. The Morgan fingerprint density at radius 1 is 1.30 bits per heavy atom. The minimum absolute atomic E-state index is 0.0822. The molecule has 3 amide bonds. The standard InChI is InChI=1S/C21H25FN4O3S/c1-3-25(4-2)19(28)15-8-6-10-26(12-15)20(29)17-13-30-21(23-17)24-18(27)14-7-5-9-16(22)11-14/h5,7,9,11,13,15H,3-4,6,8,10,12H2,1-2H3,(H,23,24,27)/t15-/m1/s1. The molecule has 2 aromatic rings. The molecule has 7 nitrogen and oxygen atoms in total. The van der Waals surface area contributed by atoms with E-state index in [4.69, 9.17) is 0 Å². The first-order valence-electron chi connectivity index (χ1n) is 10.0. The third-order valence-corrected chi connectivity index (χ3v) is 5.92. The highest BCUT2D eigenvalue weighted by atomic mass is 32.1. The lowest BCUT2D eigenvalue weighted by Crippen LogP contribution is -2.46. The molecule has 1 aromatic heterocycles. The minimum Gasteiger partial charge on any atom is -0.343 e. The molecular weight excluding hydrogens is 407 g/mol. The Bertz CT molecular complexity index is 928. The van der Waals surface area contributed by atoms with Crippen molar-refractivity contribution in [1.82, 2.24) is 14.8 Å². The summed E-state index contributed by atoms with van der Waals surface area (Å²) in [5, 5.41) is 4.44. The summed E-state index contributed by atoms with van der Waals surface area (Å²) in [5.74, 6) is -1.37. The maximum Gasteiger partial charge on any atom is 0.273 e. The van der Waals surface area contributed by atoms with Crippen LogP contribution in [0.15, 0.2) is 29.6 Å². The van der Waals surface area contributed by atoms with Crippen LogP contribution < -0.4 is 5.32 Å². The van der Waals surface area contributed by atoms with Crippen molar-refractivity contribution >= 4 is 34.2 Å². The fourth-order valence-electron chi connectivity index (χ4n) is 3.55. The number of amides is 3. The number of likely N-dealkylation sites (tertiary alicyclic amines) is 1. The molecule has 0 spiro atoms. The first-order valence-corrected chi connectivity index (χ1v) is 10.9. The van der Waals surface area contributed by atoms with Gasteiger partial charge in [-0.05, 0) is 44.9 Å². The quantitative estimate of drug-likeness (QED) is 0.760. The van der Waals surface area contributed by atoms with Gasteiger partial charge in [0.2, 0.25) is 5.91 Å². The van der Waals surface area contributed by atoms with E-state index in [2.05, 4.69) is 10.3 Å². The van der Waals surface area contributed by atoms with Crippen LogP contribution in [-0.4, -0.2) is 58.7 Å². The van der Waals surface area contributed by atoms with Crippen molar-refractivity contribution in [2.45, 2.75) is 26.7 Å². The molecule has 1 saturated heterocycles. The van der Waals surface area contributed by atoms with E-state index in [0.717, 1.165) is 30.2 Å². The predicted octanol–water partition coefficient (Wildman–Crippen LogP) is 3.26. The highest BCUT2D eigenvalue weighted by Crippen LogP contribution is 2.23. The molecule has 2 heterocycles. The maximum absolute atomic E-state index is 13.3. The molecule has 0 radical (unpaired) electrons. The summed E-state index contributed by atoms with van der Waals surface area (Å²) in [4.78, 5) is 45.4. The molecule has 1 fully saturated rings. The van der Waals surface area contributed by atoms with E-state index in [9.17, 15) is 18.8 Å². The van der Waals surface area contributed by atoms with Crippen molar-refractivity contribution in [3.63, 3.8) is 0 Å². The third-order valence-electron chi connectivity index (χ3n) is 5.16. The fourth-order valence-corrected chi connectivity index (χ4v) is 4.23. The summed E-state index contributed by atoms with van der Waals surface area (Å²) in [6, 6.07) is 5.34. The average Bonchev–Trinajstić information content (AvgIpc) is 3.22. The zero-order valence-electron chi connectivity index (χ0n) is 17.1. The molecule has 30 heavy (non-hydrogen) atoms. The van der Waals surface area contributed by atoms with E-state index >= 15 is 0 Å². The number of rotatable bonds is 6. The van der Waals surface area contributed by atoms with E-state index < -0.39 is 11.7 Å². The molecular formula is C21H25FN4O3S. The second-order valence-corrected chi connectivity index (χ2v) is 7.96. The Kier molecular flexibility index (Phi) is 7.15. The van der Waals surface area contributed by atoms with Crippen molar-refractivity contribution in [3.05, 3.63) is 46.7 Å². The normalized spacial score (nSPS) is 16.2. The molecule has 1 aliphatic rings. The predicted molar refractivity (Wildman–Crippen MR) is 113 cm³/mol. The molecule has 0 saturated carbocycles. The average molecular weight is 433 g/mol. The van der Waals surface area contributed by atoms with Gasteiger partial charge in [0.15, 0.2) is 5.13 Å². The number of aromatic nitrogens is 1. The number of anilines is 1. The number of hydrogen-bond donors (Lipinski definition) is 1. The van der Waals surface area contributed by atoms with Gasteiger partial charge >= 0.3 is 0 Å². The summed E-state index contributed by atoms with van der Waals surface area (Å²) in [5.41, 5.74) is 0.400. The molecule has 9 heteroatoms. The van der Waals surface area contributed by atoms with Crippen LogP contribution in [0.1, 0.15) is 47.5 Å². The smallest absolute Gasteiger partial charge is 0.273 e. The zero-order valence-corrected chi connectivity index (χ0v) is 17.9. The highest BCUT2D eigenvalue weighted by molar-refractivity contribution is 7.14. The van der Waals surface area contributed by atoms with Gasteiger partial charge < -0.3 is 9.80 Å². The number of nitrogens with zero attached hydrogens (tertiary/aromatic N) is 3. The van der Waals surface area contributed by atoms with Gasteiger partial charge in [0.05, 0.1) is 5.92 Å². The number of hydrogen-bond acceptors (Lipinski definition) is 5. The number of carbonyl (C=O) groups excluding carboxylic acids is 3. The molecule has 1 atom stereocenters. The minimum atomic E-state index is -0.503. The van der Waals surface area contributed by atoms with Crippen LogP contribution >= 0.6 is 11.3 Å². The van der Waals surface area contributed by atoms with Crippen molar-refractivity contribution in [2.75, 3.05) is 31.5 Å². The number of thiazole rings is 1. The molecule has 1 aromatic carbocycles. The lowest BCUT2D eigenvalue weighted by molar-refractivity contribution is -0.136. The van der Waals surface area contributed by atoms with Gasteiger partial charge in [-0.2, -0.15) is 0 Å². The number of halogens is 1. The van der Waals surface area contributed by atoms with Gasteiger partial charge in [-0.3, -0.25) is 19.7 Å². The first kappa shape index (κ1) is 21.9. The lowest BCUT2D eigenvalue weighted by atomic mass is 9.96. The summed E-state index contributed by atoms with van der Waals surface area (Å²) < 4.78 is 13.3. The summed E-state index contributed by atoms with van der Waals surface area (Å²) in [6.07, 6.45) is 1.53. The SMILES string of the molecule is CCN(CC)C(=O)[C@@H]1CCCN(C(=O)c2csc(NC(=O)c3cccc(F)c3)n2)C1. The molecule has 0 bridgehead atoms. The summed E-state index contributed by atoms with van der Waals surface area (Å²) in [6.45, 7) is 6.14. The number of benzene rings is 1. The van der Waals surface area contributed by atoms with E-state index in [1.54, 1.807) is 15.2 Å². The largest absolute Gasteiger partial charge is 0.343 e. The molecule has 0 aliphatic carbocycles. The van der Waals surface area contributed by atoms with Crippen molar-refractivity contribution < 1.29 is 18.8 Å². The van der Waals surface area contributed by atoms with Crippen LogP contribution in [0, 0.1) is 11.7 Å². The van der Waals surface area contributed by atoms with Crippen LogP contribution in [0.25, 0.3) is 0 Å². The van der Waals surface area contributed by atoms with Gasteiger partial charge in [0, 0.05) is 37.1 Å². The third kappa shape index (κ3) is 5.02. The molecule has 1 aliphatic heterocycles. The Labute approximate surface area is 178 Å². The van der Waals surface area contributed by atoms with E-state index in [1.165, 1.54) is 18.2 Å². The van der Waals surface area contributed by atoms with E-state index in [0.29, 0.717) is 26.2 Å². The fraction of sp³-hybridized carbons (Fsp3) is 0.429. The summed E-state index contributed by atoms with van der Waals surface area (Å²) in [7, 11) is 0. The Hall–Kier alpha value is -2.81. The van der Waals surface area contributed by atoms with Crippen LogP contribution in [0.4, 0.5) is 9.52 Å². The van der Waals surface area contributed by atoms with E-state index in [1.807, 2.05) is 13.8 Å². The van der Waals surface area contributed by atoms with Gasteiger partial charge in [-0.1, -0.05) is 6.07 Å². The van der Waals surface area contributed by atoms with Gasteiger partial charge in [-0.15, -0.1) is 11.3 Å². The Morgan fingerprint density at radius 2 is 2.07 bits per heavy atom. The van der Waals surface area contributed by atoms with Crippen molar-refractivity contribution in [1.29, 1.82) is 0 Å². The number of piperidine rings is 1. The van der Waals surface area contributed by atoms with Crippen LogP contribution in [-0.2, 0) is 4.79 Å². The van der Waals surface area contributed by atoms with E-state index in [-0.39, 0.29) is 34.1 Å².